The van der Waals surface area contributed by atoms with Gasteiger partial charge in [-0.05, 0) is 28.8 Å². The third-order valence-corrected chi connectivity index (χ3v) is 3.83. The van der Waals surface area contributed by atoms with Crippen LogP contribution in [0.1, 0.15) is 19.8 Å². The summed E-state index contributed by atoms with van der Waals surface area (Å²) < 4.78 is 6.56. The van der Waals surface area contributed by atoms with Gasteiger partial charge in [0.25, 0.3) is 0 Å². The lowest BCUT2D eigenvalue weighted by Gasteiger charge is -2.18. The molecule has 5 nitrogen and oxygen atoms in total. The molecule has 0 bridgehead atoms. The Balaban J connectivity index is 1.97. The quantitative estimate of drug-likeness (QED) is 0.874. The molecule has 2 atom stereocenters. The molecule has 1 saturated heterocycles. The summed E-state index contributed by atoms with van der Waals surface area (Å²) in [5.74, 6) is 2.02. The highest BCUT2D eigenvalue weighted by Gasteiger charge is 2.26. The van der Waals surface area contributed by atoms with E-state index in [1.54, 1.807) is 6.20 Å². The van der Waals surface area contributed by atoms with E-state index in [1.807, 2.05) is 7.05 Å². The monoisotopic (exact) mass is 314 g/mol. The first-order chi connectivity index (χ1) is 8.74. The third-order valence-electron chi connectivity index (χ3n) is 3.25. The highest BCUT2D eigenvalue weighted by molar-refractivity contribution is 9.10. The number of hydrogen-bond donors (Lipinski definition) is 2. The molecule has 1 aliphatic heterocycles. The molecule has 100 valence electrons. The van der Waals surface area contributed by atoms with E-state index < -0.39 is 0 Å². The number of nitrogens with one attached hydrogen (secondary N) is 2. The Hall–Kier alpha value is -0.880. The Bertz CT molecular complexity index is 402. The fourth-order valence-electron chi connectivity index (χ4n) is 2.22. The lowest BCUT2D eigenvalue weighted by Crippen LogP contribution is -2.23. The van der Waals surface area contributed by atoms with Crippen LogP contribution in [0.2, 0.25) is 0 Å². The van der Waals surface area contributed by atoms with Gasteiger partial charge in [-0.2, -0.15) is 4.98 Å². The molecular formula is C12H19BrN4O. The van der Waals surface area contributed by atoms with Crippen LogP contribution in [0.5, 0.6) is 0 Å². The van der Waals surface area contributed by atoms with Crippen LogP contribution in [-0.4, -0.2) is 36.3 Å². The van der Waals surface area contributed by atoms with Gasteiger partial charge in [-0.25, -0.2) is 4.98 Å². The maximum atomic E-state index is 5.68. The van der Waals surface area contributed by atoms with Crippen molar-refractivity contribution < 1.29 is 4.74 Å². The minimum atomic E-state index is 0.377. The number of rotatable bonds is 5. The predicted octanol–water partition coefficient (Wildman–Crippen LogP) is 2.51. The summed E-state index contributed by atoms with van der Waals surface area (Å²) in [6, 6.07) is 0. The minimum Gasteiger partial charge on any atom is -0.378 e. The fourth-order valence-corrected chi connectivity index (χ4v) is 2.55. The van der Waals surface area contributed by atoms with Gasteiger partial charge in [-0.3, -0.25) is 0 Å². The molecule has 0 aromatic carbocycles. The van der Waals surface area contributed by atoms with E-state index >= 15 is 0 Å². The SMILES string of the molecule is CCC1OCCC1CNc1nc(NC)ncc1Br. The first-order valence-electron chi connectivity index (χ1n) is 6.30. The van der Waals surface area contributed by atoms with E-state index in [0.717, 1.165) is 36.3 Å². The standard InChI is InChI=1S/C12H19BrN4O/c1-3-10-8(4-5-18-10)6-15-11-9(13)7-16-12(14-2)17-11/h7-8,10H,3-6H2,1-2H3,(H2,14,15,16,17). The van der Waals surface area contributed by atoms with Gasteiger partial charge in [0.1, 0.15) is 5.82 Å². The van der Waals surface area contributed by atoms with Crippen LogP contribution in [0.4, 0.5) is 11.8 Å². The van der Waals surface area contributed by atoms with Crippen molar-refractivity contribution in [2.75, 3.05) is 30.8 Å². The second-order valence-corrected chi connectivity index (χ2v) is 5.24. The summed E-state index contributed by atoms with van der Waals surface area (Å²) in [4.78, 5) is 8.52. The Morgan fingerprint density at radius 1 is 1.56 bits per heavy atom. The van der Waals surface area contributed by atoms with Crippen molar-refractivity contribution in [1.29, 1.82) is 0 Å². The smallest absolute Gasteiger partial charge is 0.224 e. The molecule has 0 aliphatic carbocycles. The zero-order valence-corrected chi connectivity index (χ0v) is 12.3. The second-order valence-electron chi connectivity index (χ2n) is 4.39. The lowest BCUT2D eigenvalue weighted by molar-refractivity contribution is 0.0900. The van der Waals surface area contributed by atoms with Gasteiger partial charge in [-0.15, -0.1) is 0 Å². The Labute approximate surface area is 116 Å². The summed E-state index contributed by atoms with van der Waals surface area (Å²) in [7, 11) is 1.81. The van der Waals surface area contributed by atoms with Crippen LogP contribution in [0, 0.1) is 5.92 Å². The lowest BCUT2D eigenvalue weighted by atomic mass is 10.00. The first-order valence-corrected chi connectivity index (χ1v) is 7.09. The molecule has 2 heterocycles. The van der Waals surface area contributed by atoms with Crippen molar-refractivity contribution in [3.05, 3.63) is 10.7 Å². The van der Waals surface area contributed by atoms with E-state index in [-0.39, 0.29) is 0 Å². The van der Waals surface area contributed by atoms with Gasteiger partial charge in [-0.1, -0.05) is 6.92 Å². The Kier molecular flexibility index (Phi) is 4.77. The number of anilines is 2. The normalized spacial score (nSPS) is 23.1. The van der Waals surface area contributed by atoms with Crippen LogP contribution in [0.25, 0.3) is 0 Å². The van der Waals surface area contributed by atoms with Crippen LogP contribution < -0.4 is 10.6 Å². The van der Waals surface area contributed by atoms with Gasteiger partial charge in [0.2, 0.25) is 5.95 Å². The number of hydrogen-bond acceptors (Lipinski definition) is 5. The molecule has 0 radical (unpaired) electrons. The molecule has 1 aromatic rings. The van der Waals surface area contributed by atoms with E-state index in [2.05, 4.69) is 43.5 Å². The van der Waals surface area contributed by atoms with Gasteiger partial charge >= 0.3 is 0 Å². The maximum absolute atomic E-state index is 5.68. The molecule has 0 amide bonds. The summed E-state index contributed by atoms with van der Waals surface area (Å²) in [5, 5.41) is 6.31. The van der Waals surface area contributed by atoms with E-state index in [1.165, 1.54) is 0 Å². The molecule has 2 rings (SSSR count). The predicted molar refractivity (Wildman–Crippen MR) is 75.9 cm³/mol. The summed E-state index contributed by atoms with van der Waals surface area (Å²) in [5.41, 5.74) is 0. The molecule has 0 spiro atoms. The molecule has 2 unspecified atom stereocenters. The van der Waals surface area contributed by atoms with Gasteiger partial charge in [0.15, 0.2) is 0 Å². The number of ether oxygens (including phenoxy) is 1. The highest BCUT2D eigenvalue weighted by Crippen LogP contribution is 2.25. The topological polar surface area (TPSA) is 59.1 Å². The molecule has 1 aliphatic rings. The van der Waals surface area contributed by atoms with Gasteiger partial charge in [0, 0.05) is 32.3 Å². The van der Waals surface area contributed by atoms with Crippen molar-refractivity contribution in [2.45, 2.75) is 25.9 Å². The van der Waals surface area contributed by atoms with Crippen LogP contribution in [0.15, 0.2) is 10.7 Å². The highest BCUT2D eigenvalue weighted by atomic mass is 79.9. The number of halogens is 1. The molecule has 2 N–H and O–H groups in total. The number of nitrogens with zero attached hydrogens (tertiary/aromatic N) is 2. The fraction of sp³-hybridized carbons (Fsp3) is 0.667. The van der Waals surface area contributed by atoms with Crippen LogP contribution >= 0.6 is 15.9 Å². The number of aromatic nitrogens is 2. The van der Waals surface area contributed by atoms with Crippen LogP contribution in [0.3, 0.4) is 0 Å². The summed E-state index contributed by atoms with van der Waals surface area (Å²) in [6.07, 6.45) is 4.32. The average molecular weight is 315 g/mol. The van der Waals surface area contributed by atoms with Crippen molar-refractivity contribution in [3.8, 4) is 0 Å². The third kappa shape index (κ3) is 3.11. The van der Waals surface area contributed by atoms with Crippen molar-refractivity contribution in [1.82, 2.24) is 9.97 Å². The maximum Gasteiger partial charge on any atom is 0.224 e. The van der Waals surface area contributed by atoms with Crippen LogP contribution in [-0.2, 0) is 4.74 Å². The zero-order chi connectivity index (χ0) is 13.0. The molecule has 0 saturated carbocycles. The Morgan fingerprint density at radius 3 is 3.11 bits per heavy atom. The molecule has 1 aromatic heterocycles. The van der Waals surface area contributed by atoms with E-state index in [4.69, 9.17) is 4.74 Å². The summed E-state index contributed by atoms with van der Waals surface area (Å²) >= 11 is 3.45. The van der Waals surface area contributed by atoms with Gasteiger partial charge in [0.05, 0.1) is 10.6 Å². The molecule has 1 fully saturated rings. The zero-order valence-electron chi connectivity index (χ0n) is 10.7. The van der Waals surface area contributed by atoms with Crippen molar-refractivity contribution >= 4 is 27.7 Å². The molecule has 6 heteroatoms. The second kappa shape index (κ2) is 6.33. The summed E-state index contributed by atoms with van der Waals surface area (Å²) in [6.45, 7) is 3.93. The molecule has 18 heavy (non-hydrogen) atoms. The van der Waals surface area contributed by atoms with Gasteiger partial charge < -0.3 is 15.4 Å². The minimum absolute atomic E-state index is 0.377. The first kappa shape index (κ1) is 13.5. The van der Waals surface area contributed by atoms with Crippen molar-refractivity contribution in [2.24, 2.45) is 5.92 Å². The van der Waals surface area contributed by atoms with E-state index in [0.29, 0.717) is 18.0 Å². The van der Waals surface area contributed by atoms with Crippen molar-refractivity contribution in [3.63, 3.8) is 0 Å². The molecular weight excluding hydrogens is 296 g/mol. The average Bonchev–Trinajstić information content (AvgIpc) is 2.85. The largest absolute Gasteiger partial charge is 0.378 e. The Morgan fingerprint density at radius 2 is 2.39 bits per heavy atom. The van der Waals surface area contributed by atoms with E-state index in [9.17, 15) is 0 Å².